The second-order valence-electron chi connectivity index (χ2n) is 7.05. The Balaban J connectivity index is 1.68. The summed E-state index contributed by atoms with van der Waals surface area (Å²) in [5, 5.41) is 27.6. The van der Waals surface area contributed by atoms with Crippen molar-refractivity contribution >= 4 is 46.3 Å². The van der Waals surface area contributed by atoms with Gasteiger partial charge in [-0.2, -0.15) is 0 Å². The van der Waals surface area contributed by atoms with E-state index in [9.17, 15) is 19.8 Å². The molecule has 1 heterocycles. The molecule has 0 saturated carbocycles. The van der Waals surface area contributed by atoms with Gasteiger partial charge in [-0.3, -0.25) is 14.5 Å². The lowest BCUT2D eigenvalue weighted by atomic mass is 10.1. The normalized spacial score (nSPS) is 15.4. The fourth-order valence-corrected chi connectivity index (χ4v) is 4.39. The first-order chi connectivity index (χ1) is 13.9. The highest BCUT2D eigenvalue weighted by Crippen LogP contribution is 2.34. The van der Waals surface area contributed by atoms with Gasteiger partial charge in [-0.25, -0.2) is 0 Å². The van der Waals surface area contributed by atoms with Gasteiger partial charge < -0.3 is 15.3 Å². The number of benzene rings is 1. The second kappa shape index (κ2) is 11.8. The van der Waals surface area contributed by atoms with Crippen LogP contribution in [0.5, 0.6) is 11.5 Å². The Labute approximate surface area is 180 Å². The quantitative estimate of drug-likeness (QED) is 0.185. The molecule has 1 aliphatic rings. The molecule has 0 aromatic heterocycles. The fraction of sp³-hybridized carbons (Fsp3) is 0.476. The van der Waals surface area contributed by atoms with Crippen molar-refractivity contribution in [3.63, 3.8) is 0 Å². The van der Waals surface area contributed by atoms with Crippen LogP contribution in [-0.4, -0.2) is 43.0 Å². The standard InChI is InChI=1S/C21H27NO5S2/c23-16-11-10-15(13-17(16)24)14-18-20(27)22(21(28)29-18)12-8-6-4-2-1-3-5-7-9-19(25)26/h10-11,13-14,23-24H,1-9,12H2,(H,25,26). The van der Waals surface area contributed by atoms with Gasteiger partial charge in [0.25, 0.3) is 5.91 Å². The molecule has 2 rings (SSSR count). The smallest absolute Gasteiger partial charge is 0.303 e. The van der Waals surface area contributed by atoms with Gasteiger partial charge in [-0.15, -0.1) is 0 Å². The number of nitrogens with zero attached hydrogens (tertiary/aromatic N) is 1. The number of thioether (sulfide) groups is 1. The molecule has 29 heavy (non-hydrogen) atoms. The van der Waals surface area contributed by atoms with Crippen LogP contribution in [0.1, 0.15) is 63.4 Å². The molecule has 0 unspecified atom stereocenters. The van der Waals surface area contributed by atoms with Gasteiger partial charge >= 0.3 is 5.97 Å². The number of hydrogen-bond donors (Lipinski definition) is 3. The van der Waals surface area contributed by atoms with E-state index in [2.05, 4.69) is 0 Å². The van der Waals surface area contributed by atoms with Crippen LogP contribution in [0.3, 0.4) is 0 Å². The van der Waals surface area contributed by atoms with Crippen LogP contribution in [0, 0.1) is 0 Å². The number of aromatic hydroxyl groups is 2. The molecule has 1 aromatic rings. The lowest BCUT2D eigenvalue weighted by Gasteiger charge is -2.14. The number of phenols is 2. The van der Waals surface area contributed by atoms with Crippen LogP contribution >= 0.6 is 24.0 Å². The number of carbonyl (C=O) groups excluding carboxylic acids is 1. The van der Waals surface area contributed by atoms with E-state index in [1.54, 1.807) is 17.0 Å². The Kier molecular flexibility index (Phi) is 9.47. The maximum atomic E-state index is 12.6. The Morgan fingerprint density at radius 2 is 1.62 bits per heavy atom. The monoisotopic (exact) mass is 437 g/mol. The van der Waals surface area contributed by atoms with Crippen molar-refractivity contribution < 1.29 is 24.9 Å². The van der Waals surface area contributed by atoms with Crippen LogP contribution in [0.4, 0.5) is 0 Å². The van der Waals surface area contributed by atoms with E-state index in [0.29, 0.717) is 21.3 Å². The summed E-state index contributed by atoms with van der Waals surface area (Å²) < 4.78 is 0.544. The molecule has 0 atom stereocenters. The Bertz CT molecular complexity index is 778. The van der Waals surface area contributed by atoms with Crippen LogP contribution < -0.4 is 0 Å². The van der Waals surface area contributed by atoms with E-state index in [1.807, 2.05) is 0 Å². The molecule has 158 valence electrons. The minimum absolute atomic E-state index is 0.119. The van der Waals surface area contributed by atoms with Gasteiger partial charge in [0, 0.05) is 13.0 Å². The lowest BCUT2D eigenvalue weighted by Crippen LogP contribution is -2.29. The molecule has 1 aliphatic heterocycles. The third-order valence-electron chi connectivity index (χ3n) is 4.69. The third kappa shape index (κ3) is 7.70. The maximum absolute atomic E-state index is 12.6. The number of amides is 1. The summed E-state index contributed by atoms with van der Waals surface area (Å²) >= 11 is 6.58. The summed E-state index contributed by atoms with van der Waals surface area (Å²) in [7, 11) is 0. The van der Waals surface area contributed by atoms with Crippen molar-refractivity contribution in [3.8, 4) is 11.5 Å². The first-order valence-corrected chi connectivity index (χ1v) is 11.1. The molecular weight excluding hydrogens is 410 g/mol. The zero-order chi connectivity index (χ0) is 21.2. The minimum Gasteiger partial charge on any atom is -0.504 e. The first-order valence-electron chi connectivity index (χ1n) is 9.87. The molecule has 1 aromatic carbocycles. The average Bonchev–Trinajstić information content (AvgIpc) is 2.93. The highest BCUT2D eigenvalue weighted by molar-refractivity contribution is 8.26. The predicted octanol–water partition coefficient (Wildman–Crippen LogP) is 4.89. The Morgan fingerprint density at radius 3 is 2.24 bits per heavy atom. The first kappa shape index (κ1) is 23.2. The van der Waals surface area contributed by atoms with Gasteiger partial charge in [-0.05, 0) is 36.6 Å². The van der Waals surface area contributed by atoms with Crippen molar-refractivity contribution in [1.29, 1.82) is 0 Å². The number of carboxylic acid groups (broad SMARTS) is 1. The number of rotatable bonds is 12. The molecule has 1 amide bonds. The van der Waals surface area contributed by atoms with Crippen molar-refractivity contribution in [1.82, 2.24) is 4.90 Å². The molecular formula is C21H27NO5S2. The van der Waals surface area contributed by atoms with Gasteiger partial charge in [-0.1, -0.05) is 68.6 Å². The molecule has 8 heteroatoms. The number of carbonyl (C=O) groups is 2. The van der Waals surface area contributed by atoms with Crippen LogP contribution in [-0.2, 0) is 9.59 Å². The summed E-state index contributed by atoms with van der Waals surface area (Å²) in [6.07, 6.45) is 9.95. The van der Waals surface area contributed by atoms with E-state index >= 15 is 0 Å². The zero-order valence-electron chi connectivity index (χ0n) is 16.3. The zero-order valence-corrected chi connectivity index (χ0v) is 17.9. The van der Waals surface area contributed by atoms with E-state index in [1.165, 1.54) is 23.9 Å². The van der Waals surface area contributed by atoms with E-state index in [-0.39, 0.29) is 23.8 Å². The fourth-order valence-electron chi connectivity index (χ4n) is 3.08. The highest BCUT2D eigenvalue weighted by Gasteiger charge is 2.31. The van der Waals surface area contributed by atoms with Gasteiger partial charge in [0.15, 0.2) is 11.5 Å². The van der Waals surface area contributed by atoms with E-state index < -0.39 is 5.97 Å². The van der Waals surface area contributed by atoms with Crippen molar-refractivity contribution in [2.24, 2.45) is 0 Å². The number of hydrogen-bond acceptors (Lipinski definition) is 6. The summed E-state index contributed by atoms with van der Waals surface area (Å²) in [6.45, 7) is 0.599. The second-order valence-corrected chi connectivity index (χ2v) is 8.73. The molecule has 0 radical (unpaired) electrons. The SMILES string of the molecule is O=C(O)CCCCCCCCCCN1C(=O)C(=Cc2ccc(O)c(O)c2)SC1=S. The van der Waals surface area contributed by atoms with Crippen molar-refractivity contribution in [3.05, 3.63) is 28.7 Å². The molecule has 6 nitrogen and oxygen atoms in total. The van der Waals surface area contributed by atoms with Gasteiger partial charge in [0.1, 0.15) is 4.32 Å². The lowest BCUT2D eigenvalue weighted by molar-refractivity contribution is -0.137. The molecule has 1 saturated heterocycles. The molecule has 0 aliphatic carbocycles. The number of thiocarbonyl (C=S) groups is 1. The van der Waals surface area contributed by atoms with Crippen LogP contribution in [0.15, 0.2) is 23.1 Å². The Hall–Kier alpha value is -2.06. The van der Waals surface area contributed by atoms with Gasteiger partial charge in [0.05, 0.1) is 4.91 Å². The van der Waals surface area contributed by atoms with Crippen LogP contribution in [0.25, 0.3) is 6.08 Å². The summed E-state index contributed by atoms with van der Waals surface area (Å²) in [5.41, 5.74) is 0.629. The topological polar surface area (TPSA) is 98.1 Å². The number of aliphatic carboxylic acids is 1. The predicted molar refractivity (Wildman–Crippen MR) is 119 cm³/mol. The van der Waals surface area contributed by atoms with E-state index in [0.717, 1.165) is 51.4 Å². The van der Waals surface area contributed by atoms with Gasteiger partial charge in [0.2, 0.25) is 0 Å². The van der Waals surface area contributed by atoms with Crippen molar-refractivity contribution in [2.45, 2.75) is 57.8 Å². The molecule has 0 spiro atoms. The molecule has 1 fully saturated rings. The van der Waals surface area contributed by atoms with Crippen molar-refractivity contribution in [2.75, 3.05) is 6.54 Å². The summed E-state index contributed by atoms with van der Waals surface area (Å²) in [6, 6.07) is 4.42. The average molecular weight is 438 g/mol. The number of carboxylic acids is 1. The maximum Gasteiger partial charge on any atom is 0.303 e. The van der Waals surface area contributed by atoms with Crippen LogP contribution in [0.2, 0.25) is 0 Å². The minimum atomic E-state index is -0.725. The summed E-state index contributed by atoms with van der Waals surface area (Å²) in [5.74, 6) is -1.27. The number of phenolic OH excluding ortho intramolecular Hbond substituents is 2. The summed E-state index contributed by atoms with van der Waals surface area (Å²) in [4.78, 5) is 25.2. The molecule has 0 bridgehead atoms. The van der Waals surface area contributed by atoms with E-state index in [4.69, 9.17) is 17.3 Å². The molecule has 3 N–H and O–H groups in total. The third-order valence-corrected chi connectivity index (χ3v) is 6.07. The largest absolute Gasteiger partial charge is 0.504 e. The highest BCUT2D eigenvalue weighted by atomic mass is 32.2. The Morgan fingerprint density at radius 1 is 1.00 bits per heavy atom. The number of unbranched alkanes of at least 4 members (excludes halogenated alkanes) is 7.